The van der Waals surface area contributed by atoms with E-state index in [1.165, 1.54) is 31.4 Å². The first-order valence-electron chi connectivity index (χ1n) is 14.2. The van der Waals surface area contributed by atoms with Gasteiger partial charge in [-0.05, 0) is 36.5 Å². The second kappa shape index (κ2) is 11.0. The van der Waals surface area contributed by atoms with Crippen molar-refractivity contribution in [3.05, 3.63) is 101 Å². The molecule has 0 aromatic heterocycles. The third kappa shape index (κ3) is 4.39. The van der Waals surface area contributed by atoms with Gasteiger partial charge in [-0.2, -0.15) is 0 Å². The van der Waals surface area contributed by atoms with Crippen LogP contribution in [0.15, 0.2) is 78.6 Å². The standard InChI is InChI=1S/C34H39NO2/c1-4-7-21-34-29-20-19-26(35(22-8-5-2)23-9-6-3)24-30(29)37-33(34)31(25-15-11-10-12-16-25)27-17-13-14-18-28(27)32(34)36/h10-20,24H,4-9,21-23H2,1-3H3/t34-/m1/s1. The minimum atomic E-state index is -0.777. The Kier molecular flexibility index (Phi) is 7.50. The molecule has 1 aliphatic carbocycles. The van der Waals surface area contributed by atoms with Gasteiger partial charge >= 0.3 is 0 Å². The fourth-order valence-corrected chi connectivity index (χ4v) is 5.97. The number of benzene rings is 3. The summed E-state index contributed by atoms with van der Waals surface area (Å²) in [5.41, 5.74) is 5.37. The fraction of sp³-hybridized carbons (Fsp3) is 0.382. The monoisotopic (exact) mass is 493 g/mol. The summed E-state index contributed by atoms with van der Waals surface area (Å²) in [7, 11) is 0. The molecule has 0 fully saturated rings. The number of unbranched alkanes of at least 4 members (excludes halogenated alkanes) is 3. The summed E-state index contributed by atoms with van der Waals surface area (Å²) in [6.45, 7) is 8.76. The van der Waals surface area contributed by atoms with Crippen LogP contribution < -0.4 is 9.64 Å². The van der Waals surface area contributed by atoms with Crippen molar-refractivity contribution in [3.63, 3.8) is 0 Å². The molecule has 0 unspecified atom stereocenters. The van der Waals surface area contributed by atoms with Gasteiger partial charge in [-0.15, -0.1) is 0 Å². The van der Waals surface area contributed by atoms with E-state index in [0.717, 1.165) is 71.7 Å². The number of allylic oxidation sites excluding steroid dienone is 1. The Morgan fingerprint density at radius 2 is 1.41 bits per heavy atom. The van der Waals surface area contributed by atoms with E-state index in [4.69, 9.17) is 4.74 Å². The highest BCUT2D eigenvalue weighted by Gasteiger charge is 2.55. The first-order valence-corrected chi connectivity index (χ1v) is 14.2. The number of fused-ring (bicyclic) bond motifs is 4. The van der Waals surface area contributed by atoms with Crippen LogP contribution in [-0.2, 0) is 5.41 Å². The van der Waals surface area contributed by atoms with Crippen molar-refractivity contribution in [2.75, 3.05) is 18.0 Å². The van der Waals surface area contributed by atoms with Crippen molar-refractivity contribution in [1.82, 2.24) is 0 Å². The Hall–Kier alpha value is -3.33. The number of carbonyl (C=O) groups excluding carboxylic acids is 1. The van der Waals surface area contributed by atoms with Crippen LogP contribution in [0.3, 0.4) is 0 Å². The number of ether oxygens (including phenoxy) is 1. The van der Waals surface area contributed by atoms with Gasteiger partial charge in [0, 0.05) is 41.5 Å². The summed E-state index contributed by atoms with van der Waals surface area (Å²) < 4.78 is 6.84. The second-order valence-electron chi connectivity index (χ2n) is 10.4. The Labute approximate surface area is 222 Å². The molecule has 0 saturated heterocycles. The lowest BCUT2D eigenvalue weighted by molar-refractivity contribution is 0.0884. The lowest BCUT2D eigenvalue weighted by Gasteiger charge is -2.35. The number of carbonyl (C=O) groups is 1. The summed E-state index contributed by atoms with van der Waals surface area (Å²) in [5.74, 6) is 1.83. The lowest BCUT2D eigenvalue weighted by Crippen LogP contribution is -2.40. The summed E-state index contributed by atoms with van der Waals surface area (Å²) in [4.78, 5) is 16.9. The third-order valence-corrected chi connectivity index (χ3v) is 7.98. The molecular formula is C34H39NO2. The van der Waals surface area contributed by atoms with Crippen LogP contribution >= 0.6 is 0 Å². The molecule has 1 aliphatic heterocycles. The lowest BCUT2D eigenvalue weighted by atomic mass is 9.64. The van der Waals surface area contributed by atoms with Gasteiger partial charge in [0.05, 0.1) is 0 Å². The molecule has 5 rings (SSSR count). The van der Waals surface area contributed by atoms with E-state index in [0.29, 0.717) is 0 Å². The van der Waals surface area contributed by atoms with Crippen molar-refractivity contribution in [1.29, 1.82) is 0 Å². The molecule has 2 aliphatic rings. The SMILES string of the molecule is CCCCN(CCCC)c1ccc2c(c1)OC1=C(c3ccccc3)c3ccccc3C(=O)[C@]12CCCC. The molecule has 0 bridgehead atoms. The molecule has 1 atom stereocenters. The van der Waals surface area contributed by atoms with Gasteiger partial charge in [0.1, 0.15) is 16.9 Å². The molecule has 0 radical (unpaired) electrons. The van der Waals surface area contributed by atoms with Gasteiger partial charge in [0.15, 0.2) is 5.78 Å². The van der Waals surface area contributed by atoms with Crippen LogP contribution in [0.2, 0.25) is 0 Å². The molecule has 0 saturated carbocycles. The average molecular weight is 494 g/mol. The van der Waals surface area contributed by atoms with Crippen molar-refractivity contribution in [2.24, 2.45) is 0 Å². The molecule has 3 heteroatoms. The molecule has 37 heavy (non-hydrogen) atoms. The number of nitrogens with zero attached hydrogens (tertiary/aromatic N) is 1. The van der Waals surface area contributed by atoms with Gasteiger partial charge in [0.25, 0.3) is 0 Å². The van der Waals surface area contributed by atoms with Gasteiger partial charge in [-0.3, -0.25) is 4.79 Å². The number of hydrogen-bond acceptors (Lipinski definition) is 3. The highest BCUT2D eigenvalue weighted by Crippen LogP contribution is 2.57. The van der Waals surface area contributed by atoms with E-state index in [-0.39, 0.29) is 5.78 Å². The van der Waals surface area contributed by atoms with E-state index in [2.05, 4.69) is 74.2 Å². The fourth-order valence-electron chi connectivity index (χ4n) is 5.97. The molecule has 3 nitrogen and oxygen atoms in total. The van der Waals surface area contributed by atoms with Crippen LogP contribution in [-0.4, -0.2) is 18.9 Å². The molecule has 1 heterocycles. The molecule has 192 valence electrons. The van der Waals surface area contributed by atoms with Crippen molar-refractivity contribution in [2.45, 2.75) is 71.1 Å². The Morgan fingerprint density at radius 3 is 2.08 bits per heavy atom. The topological polar surface area (TPSA) is 29.5 Å². The maximum atomic E-state index is 14.4. The third-order valence-electron chi connectivity index (χ3n) is 7.98. The highest BCUT2D eigenvalue weighted by atomic mass is 16.5. The Balaban J connectivity index is 1.70. The highest BCUT2D eigenvalue weighted by molar-refractivity contribution is 6.15. The van der Waals surface area contributed by atoms with Crippen LogP contribution in [0.5, 0.6) is 5.75 Å². The summed E-state index contributed by atoms with van der Waals surface area (Å²) in [6, 6.07) is 25.1. The normalized spacial score (nSPS) is 17.8. The first kappa shape index (κ1) is 25.3. The Bertz CT molecular complexity index is 1280. The zero-order valence-electron chi connectivity index (χ0n) is 22.6. The quantitative estimate of drug-likeness (QED) is 0.268. The van der Waals surface area contributed by atoms with Gasteiger partial charge in [0.2, 0.25) is 0 Å². The predicted molar refractivity (Wildman–Crippen MR) is 154 cm³/mol. The maximum Gasteiger partial charge on any atom is 0.181 e. The average Bonchev–Trinajstić information content (AvgIpc) is 3.27. The van der Waals surface area contributed by atoms with Crippen molar-refractivity contribution < 1.29 is 9.53 Å². The zero-order valence-corrected chi connectivity index (χ0v) is 22.6. The van der Waals surface area contributed by atoms with E-state index in [9.17, 15) is 4.79 Å². The summed E-state index contributed by atoms with van der Waals surface area (Å²) in [5, 5.41) is 0. The van der Waals surface area contributed by atoms with Gasteiger partial charge < -0.3 is 9.64 Å². The molecule has 3 aromatic rings. The first-order chi connectivity index (χ1) is 18.2. The number of ketones is 1. The molecule has 0 N–H and O–H groups in total. The van der Waals surface area contributed by atoms with Crippen LogP contribution in [0.25, 0.3) is 5.57 Å². The van der Waals surface area contributed by atoms with E-state index in [1.54, 1.807) is 0 Å². The summed E-state index contributed by atoms with van der Waals surface area (Å²) in [6.07, 6.45) is 7.42. The predicted octanol–water partition coefficient (Wildman–Crippen LogP) is 8.57. The number of hydrogen-bond donors (Lipinski definition) is 0. The molecule has 0 amide bonds. The van der Waals surface area contributed by atoms with E-state index < -0.39 is 5.41 Å². The number of anilines is 1. The molecule has 3 aromatic carbocycles. The maximum absolute atomic E-state index is 14.4. The van der Waals surface area contributed by atoms with Crippen LogP contribution in [0.1, 0.15) is 92.8 Å². The Morgan fingerprint density at radius 1 is 0.757 bits per heavy atom. The minimum absolute atomic E-state index is 0.173. The van der Waals surface area contributed by atoms with Crippen molar-refractivity contribution >= 4 is 17.0 Å². The van der Waals surface area contributed by atoms with Crippen molar-refractivity contribution in [3.8, 4) is 5.75 Å². The van der Waals surface area contributed by atoms with Crippen LogP contribution in [0.4, 0.5) is 5.69 Å². The number of rotatable bonds is 11. The largest absolute Gasteiger partial charge is 0.459 e. The molecular weight excluding hydrogens is 454 g/mol. The van der Waals surface area contributed by atoms with Gasteiger partial charge in [-0.1, -0.05) is 107 Å². The zero-order chi connectivity index (χ0) is 25.8. The van der Waals surface area contributed by atoms with Crippen LogP contribution in [0, 0.1) is 0 Å². The second-order valence-corrected chi connectivity index (χ2v) is 10.4. The van der Waals surface area contributed by atoms with E-state index in [1.807, 2.05) is 24.3 Å². The van der Waals surface area contributed by atoms with Gasteiger partial charge in [-0.25, -0.2) is 0 Å². The molecule has 0 spiro atoms. The number of Topliss-reactive ketones (excluding diaryl/α,β-unsaturated/α-hetero) is 1. The smallest absolute Gasteiger partial charge is 0.181 e. The summed E-state index contributed by atoms with van der Waals surface area (Å²) >= 11 is 0. The van der Waals surface area contributed by atoms with E-state index >= 15 is 0 Å². The minimum Gasteiger partial charge on any atom is -0.459 e.